The Morgan fingerprint density at radius 1 is 1.14 bits per heavy atom. The molecule has 0 unspecified atom stereocenters. The number of para-hydroxylation sites is 1. The van der Waals surface area contributed by atoms with Crippen LogP contribution in [0.3, 0.4) is 0 Å². The normalized spacial score (nSPS) is 13.9. The fourth-order valence-electron chi connectivity index (χ4n) is 3.16. The summed E-state index contributed by atoms with van der Waals surface area (Å²) >= 11 is 7.44. The van der Waals surface area contributed by atoms with Crippen molar-refractivity contribution in [1.82, 2.24) is 14.7 Å². The molecule has 0 saturated heterocycles. The Balaban J connectivity index is 1.43. The van der Waals surface area contributed by atoms with Crippen molar-refractivity contribution in [3.63, 3.8) is 0 Å². The number of nitrogens with zero attached hydrogens (tertiary/aromatic N) is 3. The number of thioether (sulfide) groups is 1. The third-order valence-electron chi connectivity index (χ3n) is 4.73. The minimum atomic E-state index is 0.0371. The molecule has 2 aromatic carbocycles. The predicted octanol–water partition coefficient (Wildman–Crippen LogP) is 5.33. The van der Waals surface area contributed by atoms with E-state index in [1.54, 1.807) is 0 Å². The summed E-state index contributed by atoms with van der Waals surface area (Å²) in [6.45, 7) is 0. The van der Waals surface area contributed by atoms with Gasteiger partial charge in [-0.25, -0.2) is 4.98 Å². The maximum Gasteiger partial charge on any atom is 0.262 e. The molecule has 0 atom stereocenters. The van der Waals surface area contributed by atoms with Gasteiger partial charge in [0, 0.05) is 22.7 Å². The van der Waals surface area contributed by atoms with Crippen molar-refractivity contribution < 1.29 is 4.52 Å². The average molecular weight is 410 g/mol. The van der Waals surface area contributed by atoms with Crippen molar-refractivity contribution >= 4 is 34.3 Å². The van der Waals surface area contributed by atoms with E-state index in [1.165, 1.54) is 11.8 Å². The van der Waals surface area contributed by atoms with Crippen LogP contribution in [0.4, 0.5) is 0 Å². The summed E-state index contributed by atoms with van der Waals surface area (Å²) in [5, 5.41) is 6.23. The lowest BCUT2D eigenvalue weighted by atomic mass is 10.1. The molecule has 4 aromatic rings. The summed E-state index contributed by atoms with van der Waals surface area (Å²) in [5.41, 5.74) is 2.47. The van der Waals surface area contributed by atoms with Gasteiger partial charge in [0.2, 0.25) is 0 Å². The molecular weight excluding hydrogens is 394 g/mol. The monoisotopic (exact) mass is 409 g/mol. The van der Waals surface area contributed by atoms with Crippen LogP contribution in [-0.4, -0.2) is 14.7 Å². The van der Waals surface area contributed by atoms with Crippen molar-refractivity contribution in [2.75, 3.05) is 0 Å². The van der Waals surface area contributed by atoms with Gasteiger partial charge in [-0.2, -0.15) is 0 Å². The Morgan fingerprint density at radius 2 is 1.93 bits per heavy atom. The molecular formula is C21H16ClN3O2S. The molecule has 1 aliphatic rings. The van der Waals surface area contributed by atoms with Crippen LogP contribution in [0, 0.1) is 0 Å². The topological polar surface area (TPSA) is 60.9 Å². The summed E-state index contributed by atoms with van der Waals surface area (Å²) < 4.78 is 7.32. The van der Waals surface area contributed by atoms with Crippen LogP contribution in [0.2, 0.25) is 5.02 Å². The van der Waals surface area contributed by atoms with E-state index in [0.717, 1.165) is 40.5 Å². The van der Waals surface area contributed by atoms with Crippen molar-refractivity contribution in [1.29, 1.82) is 0 Å². The van der Waals surface area contributed by atoms with Crippen molar-refractivity contribution in [3.8, 4) is 11.3 Å². The van der Waals surface area contributed by atoms with Gasteiger partial charge < -0.3 is 4.52 Å². The second kappa shape index (κ2) is 7.11. The lowest BCUT2D eigenvalue weighted by Crippen LogP contribution is -2.22. The summed E-state index contributed by atoms with van der Waals surface area (Å²) in [6.07, 6.45) is 2.05. The van der Waals surface area contributed by atoms with E-state index in [9.17, 15) is 4.79 Å². The van der Waals surface area contributed by atoms with E-state index in [-0.39, 0.29) is 11.6 Å². The zero-order valence-electron chi connectivity index (χ0n) is 14.8. The van der Waals surface area contributed by atoms with Gasteiger partial charge in [-0.05, 0) is 37.1 Å². The second-order valence-corrected chi connectivity index (χ2v) is 8.17. The van der Waals surface area contributed by atoms with Crippen LogP contribution in [0.15, 0.2) is 69.1 Å². The molecule has 0 aliphatic heterocycles. The van der Waals surface area contributed by atoms with Crippen molar-refractivity contribution in [2.45, 2.75) is 29.8 Å². The highest BCUT2D eigenvalue weighted by Crippen LogP contribution is 2.37. The fraction of sp³-hybridized carbons (Fsp3) is 0.190. The Kier molecular flexibility index (Phi) is 4.45. The molecule has 0 bridgehead atoms. The molecule has 5 nitrogen and oxygen atoms in total. The Labute approximate surface area is 170 Å². The van der Waals surface area contributed by atoms with Gasteiger partial charge in [0.25, 0.3) is 5.56 Å². The maximum absolute atomic E-state index is 12.9. The van der Waals surface area contributed by atoms with E-state index < -0.39 is 0 Å². The first-order valence-corrected chi connectivity index (χ1v) is 10.4. The number of halogens is 1. The highest BCUT2D eigenvalue weighted by atomic mass is 35.5. The summed E-state index contributed by atoms with van der Waals surface area (Å²) in [5.74, 6) is 1.29. The van der Waals surface area contributed by atoms with E-state index in [2.05, 4.69) is 5.16 Å². The molecule has 1 aliphatic carbocycles. The van der Waals surface area contributed by atoms with E-state index >= 15 is 0 Å². The first kappa shape index (κ1) is 17.5. The van der Waals surface area contributed by atoms with Gasteiger partial charge in [-0.15, -0.1) is 0 Å². The molecule has 0 amide bonds. The van der Waals surface area contributed by atoms with Crippen LogP contribution >= 0.6 is 23.4 Å². The first-order chi connectivity index (χ1) is 13.7. The number of fused-ring (bicyclic) bond motifs is 1. The minimum absolute atomic E-state index is 0.0371. The summed E-state index contributed by atoms with van der Waals surface area (Å²) in [4.78, 5) is 17.7. The van der Waals surface area contributed by atoms with Crippen LogP contribution in [0.25, 0.3) is 22.2 Å². The van der Waals surface area contributed by atoms with Gasteiger partial charge in [-0.1, -0.05) is 52.8 Å². The maximum atomic E-state index is 12.9. The standard InChI is InChI=1S/C21H16ClN3O2S/c22-14-7-5-13(6-8-14)19-11-16(27-24-19)12-28-21-23-18-4-2-1-3-17(18)20(26)25(21)15-9-10-15/h1-8,11,15H,9-10,12H2. The molecule has 1 fully saturated rings. The number of hydrogen-bond donors (Lipinski definition) is 0. The van der Waals surface area contributed by atoms with Crippen LogP contribution in [0.1, 0.15) is 24.6 Å². The quantitative estimate of drug-likeness (QED) is 0.329. The van der Waals surface area contributed by atoms with Crippen LogP contribution in [-0.2, 0) is 5.75 Å². The molecule has 0 N–H and O–H groups in total. The predicted molar refractivity (Wildman–Crippen MR) is 111 cm³/mol. The molecule has 0 radical (unpaired) electrons. The molecule has 1 saturated carbocycles. The number of benzene rings is 2. The molecule has 2 aromatic heterocycles. The number of hydrogen-bond acceptors (Lipinski definition) is 5. The lowest BCUT2D eigenvalue weighted by molar-refractivity contribution is 0.397. The largest absolute Gasteiger partial charge is 0.360 e. The molecule has 5 rings (SSSR count). The van der Waals surface area contributed by atoms with Gasteiger partial charge in [0.1, 0.15) is 11.5 Å². The lowest BCUT2D eigenvalue weighted by Gasteiger charge is -2.11. The molecule has 0 spiro atoms. The van der Waals surface area contributed by atoms with Crippen molar-refractivity contribution in [2.24, 2.45) is 0 Å². The van der Waals surface area contributed by atoms with E-state index in [4.69, 9.17) is 21.1 Å². The third-order valence-corrected chi connectivity index (χ3v) is 5.96. The molecule has 140 valence electrons. The van der Waals surface area contributed by atoms with Gasteiger partial charge in [-0.3, -0.25) is 9.36 Å². The number of aromatic nitrogens is 3. The van der Waals surface area contributed by atoms with Gasteiger partial charge in [0.15, 0.2) is 5.16 Å². The summed E-state index contributed by atoms with van der Waals surface area (Å²) in [7, 11) is 0. The third kappa shape index (κ3) is 3.34. The minimum Gasteiger partial charge on any atom is -0.360 e. The van der Waals surface area contributed by atoms with Gasteiger partial charge in [0.05, 0.1) is 16.7 Å². The SMILES string of the molecule is O=c1c2ccccc2nc(SCc2cc(-c3ccc(Cl)cc3)no2)n1C1CC1. The molecule has 28 heavy (non-hydrogen) atoms. The van der Waals surface area contributed by atoms with Crippen LogP contribution < -0.4 is 5.56 Å². The zero-order chi connectivity index (χ0) is 19.1. The molecule has 2 heterocycles. The molecule has 7 heteroatoms. The highest BCUT2D eigenvalue weighted by molar-refractivity contribution is 7.98. The van der Waals surface area contributed by atoms with Crippen molar-refractivity contribution in [3.05, 3.63) is 75.7 Å². The zero-order valence-corrected chi connectivity index (χ0v) is 16.4. The second-order valence-electron chi connectivity index (χ2n) is 6.79. The average Bonchev–Trinajstić information content (AvgIpc) is 3.43. The first-order valence-electron chi connectivity index (χ1n) is 9.04. The Hall–Kier alpha value is -2.57. The summed E-state index contributed by atoms with van der Waals surface area (Å²) in [6, 6.07) is 17.1. The van der Waals surface area contributed by atoms with E-state index in [1.807, 2.05) is 59.2 Å². The highest BCUT2D eigenvalue weighted by Gasteiger charge is 2.28. The Bertz CT molecular complexity index is 1210. The Morgan fingerprint density at radius 3 is 2.71 bits per heavy atom. The fourth-order valence-corrected chi connectivity index (χ4v) is 4.22. The smallest absolute Gasteiger partial charge is 0.262 e. The van der Waals surface area contributed by atoms with Gasteiger partial charge >= 0.3 is 0 Å². The number of rotatable bonds is 5. The van der Waals surface area contributed by atoms with E-state index in [0.29, 0.717) is 16.2 Å². The van der Waals surface area contributed by atoms with Crippen LogP contribution in [0.5, 0.6) is 0 Å².